The Bertz CT molecular complexity index is 1250. The predicted molar refractivity (Wildman–Crippen MR) is 131 cm³/mol. The van der Waals surface area contributed by atoms with Gasteiger partial charge in [-0.3, -0.25) is 0 Å². The van der Waals surface area contributed by atoms with E-state index in [1.165, 1.54) is 27.8 Å². The van der Waals surface area contributed by atoms with Crippen LogP contribution in [0.15, 0.2) is 60.7 Å². The summed E-state index contributed by atoms with van der Waals surface area (Å²) in [6.45, 7) is 20.1. The molecule has 0 bridgehead atoms. The fraction of sp³-hybridized carbons (Fsp3) is 0.321. The molecule has 1 fully saturated rings. The number of hydrogen-bond acceptors (Lipinski definition) is 2. The van der Waals surface area contributed by atoms with Crippen molar-refractivity contribution in [3.05, 3.63) is 83.2 Å². The Hall–Kier alpha value is -2.87. The Morgan fingerprint density at radius 3 is 1.81 bits per heavy atom. The highest BCUT2D eigenvalue weighted by Gasteiger charge is 2.52. The predicted octanol–water partition coefficient (Wildman–Crippen LogP) is 6.51. The van der Waals surface area contributed by atoms with Crippen molar-refractivity contribution < 1.29 is 9.31 Å². The molecule has 3 aromatic carbocycles. The lowest BCUT2D eigenvalue weighted by atomic mass is 9.74. The van der Waals surface area contributed by atoms with Crippen LogP contribution in [0.5, 0.6) is 0 Å². The van der Waals surface area contributed by atoms with Gasteiger partial charge >= 0.3 is 7.12 Å². The van der Waals surface area contributed by atoms with E-state index in [9.17, 15) is 0 Å². The van der Waals surface area contributed by atoms with Crippen LogP contribution < -0.4 is 5.46 Å². The zero-order valence-corrected chi connectivity index (χ0v) is 19.6. The van der Waals surface area contributed by atoms with Gasteiger partial charge in [-0.2, -0.15) is 0 Å². The van der Waals surface area contributed by atoms with Gasteiger partial charge < -0.3 is 9.31 Å². The van der Waals surface area contributed by atoms with Crippen molar-refractivity contribution in [2.75, 3.05) is 0 Å². The van der Waals surface area contributed by atoms with Gasteiger partial charge in [-0.15, -0.1) is 0 Å². The first-order valence-corrected chi connectivity index (χ1v) is 11.2. The number of rotatable bonds is 2. The minimum absolute atomic E-state index is 0.128. The Labute approximate surface area is 191 Å². The molecule has 3 aromatic rings. The Kier molecular flexibility index (Phi) is 4.47. The zero-order valence-electron chi connectivity index (χ0n) is 19.6. The van der Waals surface area contributed by atoms with E-state index in [0.717, 1.165) is 11.0 Å². The fourth-order valence-electron chi connectivity index (χ4n) is 4.79. The van der Waals surface area contributed by atoms with Crippen LogP contribution in [0, 0.1) is 6.57 Å². The summed E-state index contributed by atoms with van der Waals surface area (Å²) in [7, 11) is -0.360. The first-order chi connectivity index (χ1) is 15.0. The van der Waals surface area contributed by atoms with Crippen molar-refractivity contribution >= 4 is 18.3 Å². The van der Waals surface area contributed by atoms with Crippen LogP contribution in [0.4, 0.5) is 5.69 Å². The molecule has 0 aromatic heterocycles. The summed E-state index contributed by atoms with van der Waals surface area (Å²) in [5.74, 6) is 0. The van der Waals surface area contributed by atoms with Crippen LogP contribution in [-0.4, -0.2) is 18.3 Å². The molecular formula is C28H28BNO2. The maximum atomic E-state index is 7.18. The summed E-state index contributed by atoms with van der Waals surface area (Å²) in [4.78, 5) is 3.50. The van der Waals surface area contributed by atoms with E-state index in [1.807, 2.05) is 24.3 Å². The Morgan fingerprint density at radius 1 is 0.688 bits per heavy atom. The maximum absolute atomic E-state index is 7.18. The van der Waals surface area contributed by atoms with Crippen LogP contribution in [0.3, 0.4) is 0 Å². The molecule has 0 saturated carbocycles. The van der Waals surface area contributed by atoms with Crippen molar-refractivity contribution in [3.8, 4) is 22.3 Å². The second kappa shape index (κ2) is 6.81. The van der Waals surface area contributed by atoms with Crippen LogP contribution in [0.2, 0.25) is 0 Å². The Balaban J connectivity index is 1.53. The average Bonchev–Trinajstić information content (AvgIpc) is 3.13. The third-order valence-electron chi connectivity index (χ3n) is 7.56. The maximum Gasteiger partial charge on any atom is 0.494 e. The third-order valence-corrected chi connectivity index (χ3v) is 7.56. The van der Waals surface area contributed by atoms with Gasteiger partial charge in [0.15, 0.2) is 5.69 Å². The molecule has 0 amide bonds. The zero-order chi connectivity index (χ0) is 22.9. The van der Waals surface area contributed by atoms with Crippen molar-refractivity contribution in [3.63, 3.8) is 0 Å². The van der Waals surface area contributed by atoms with E-state index in [0.29, 0.717) is 5.69 Å². The lowest BCUT2D eigenvalue weighted by Crippen LogP contribution is -2.41. The third kappa shape index (κ3) is 3.04. The molecule has 0 radical (unpaired) electrons. The number of benzene rings is 3. The topological polar surface area (TPSA) is 22.8 Å². The van der Waals surface area contributed by atoms with E-state index in [4.69, 9.17) is 15.9 Å². The van der Waals surface area contributed by atoms with Crippen LogP contribution >= 0.6 is 0 Å². The summed E-state index contributed by atoms with van der Waals surface area (Å²) in [5.41, 5.74) is 8.39. The quantitative estimate of drug-likeness (QED) is 0.348. The highest BCUT2D eigenvalue weighted by Crippen LogP contribution is 2.49. The van der Waals surface area contributed by atoms with Gasteiger partial charge in [0, 0.05) is 5.41 Å². The van der Waals surface area contributed by atoms with Crippen molar-refractivity contribution in [2.24, 2.45) is 0 Å². The van der Waals surface area contributed by atoms with E-state index in [2.05, 4.69) is 82.8 Å². The average molecular weight is 421 g/mol. The highest BCUT2D eigenvalue weighted by atomic mass is 16.7. The molecule has 0 N–H and O–H groups in total. The molecule has 1 aliphatic heterocycles. The second-order valence-electron chi connectivity index (χ2n) is 10.4. The molecule has 5 rings (SSSR count). The molecule has 4 heteroatoms. The minimum atomic E-state index is -0.360. The molecule has 1 heterocycles. The standard InChI is InChI=1S/C28H28BNO2/c1-26(2)24-16-19(18-8-12-21(30-7)13-9-18)10-14-22(24)23-15-11-20(17-25(23)26)29-31-27(3,4)28(5,6)32-29/h8-17H,1-6H3. The molecule has 3 nitrogen and oxygen atoms in total. The first kappa shape index (κ1) is 21.0. The first-order valence-electron chi connectivity index (χ1n) is 11.2. The van der Waals surface area contributed by atoms with Gasteiger partial charge in [0.25, 0.3) is 0 Å². The molecular weight excluding hydrogens is 393 g/mol. The van der Waals surface area contributed by atoms with Gasteiger partial charge in [0.2, 0.25) is 0 Å². The van der Waals surface area contributed by atoms with E-state index in [1.54, 1.807) is 0 Å². The van der Waals surface area contributed by atoms with Crippen LogP contribution in [0.25, 0.3) is 27.1 Å². The normalized spacial score (nSPS) is 19.3. The lowest BCUT2D eigenvalue weighted by molar-refractivity contribution is 0.00578. The van der Waals surface area contributed by atoms with E-state index in [-0.39, 0.29) is 23.7 Å². The van der Waals surface area contributed by atoms with Gasteiger partial charge in [-0.05, 0) is 72.6 Å². The SMILES string of the molecule is [C-]#[N+]c1ccc(-c2ccc3c(c2)C(C)(C)c2cc(B4OC(C)(C)C(C)(C)O4)ccc2-3)cc1. The number of nitrogens with zero attached hydrogens (tertiary/aromatic N) is 1. The monoisotopic (exact) mass is 421 g/mol. The molecule has 0 atom stereocenters. The van der Waals surface area contributed by atoms with Crippen LogP contribution in [-0.2, 0) is 14.7 Å². The Morgan fingerprint density at radius 2 is 1.22 bits per heavy atom. The van der Waals surface area contributed by atoms with Gasteiger partial charge in [-0.1, -0.05) is 68.4 Å². The van der Waals surface area contributed by atoms with Gasteiger partial charge in [0.1, 0.15) is 0 Å². The molecule has 1 aliphatic carbocycles. The van der Waals surface area contributed by atoms with Gasteiger partial charge in [-0.25, -0.2) is 4.85 Å². The number of fused-ring (bicyclic) bond motifs is 3. The molecule has 2 aliphatic rings. The molecule has 0 spiro atoms. The van der Waals surface area contributed by atoms with Crippen molar-refractivity contribution in [2.45, 2.75) is 58.2 Å². The largest absolute Gasteiger partial charge is 0.494 e. The summed E-state index contributed by atoms with van der Waals surface area (Å²) in [5, 5.41) is 0. The lowest BCUT2D eigenvalue weighted by Gasteiger charge is -2.32. The number of hydrogen-bond donors (Lipinski definition) is 0. The van der Waals surface area contributed by atoms with E-state index < -0.39 is 0 Å². The molecule has 32 heavy (non-hydrogen) atoms. The van der Waals surface area contributed by atoms with E-state index >= 15 is 0 Å². The minimum Gasteiger partial charge on any atom is -0.399 e. The van der Waals surface area contributed by atoms with Gasteiger partial charge in [0.05, 0.1) is 17.8 Å². The highest BCUT2D eigenvalue weighted by molar-refractivity contribution is 6.62. The fourth-order valence-corrected chi connectivity index (χ4v) is 4.79. The summed E-state index contributed by atoms with van der Waals surface area (Å²) < 4.78 is 12.6. The van der Waals surface area contributed by atoms with Crippen molar-refractivity contribution in [1.82, 2.24) is 0 Å². The molecule has 1 saturated heterocycles. The van der Waals surface area contributed by atoms with Crippen molar-refractivity contribution in [1.29, 1.82) is 0 Å². The molecule has 160 valence electrons. The molecule has 0 unspecified atom stereocenters. The smallest absolute Gasteiger partial charge is 0.399 e. The summed E-state index contributed by atoms with van der Waals surface area (Å²) in [6.07, 6.45) is 0. The second-order valence-corrected chi connectivity index (χ2v) is 10.4. The summed E-state index contributed by atoms with van der Waals surface area (Å²) >= 11 is 0. The summed E-state index contributed by atoms with van der Waals surface area (Å²) in [6, 6.07) is 21.2. The van der Waals surface area contributed by atoms with Crippen LogP contribution in [0.1, 0.15) is 52.7 Å².